The van der Waals surface area contributed by atoms with E-state index in [1.54, 1.807) is 18.3 Å². The fourth-order valence-corrected chi connectivity index (χ4v) is 2.10. The molecule has 0 spiro atoms. The Morgan fingerprint density at radius 2 is 2.47 bits per heavy atom. The fourth-order valence-electron chi connectivity index (χ4n) is 1.87. The lowest BCUT2D eigenvalue weighted by atomic mass is 10.0. The van der Waals surface area contributed by atoms with Crippen molar-refractivity contribution in [1.82, 2.24) is 10.3 Å². The van der Waals surface area contributed by atoms with Crippen LogP contribution >= 0.6 is 15.9 Å². The highest BCUT2D eigenvalue weighted by atomic mass is 79.9. The molecule has 2 heterocycles. The van der Waals surface area contributed by atoms with Crippen molar-refractivity contribution in [2.75, 3.05) is 13.2 Å². The lowest BCUT2D eigenvalue weighted by Gasteiger charge is -2.19. The number of rotatable bonds is 3. The lowest BCUT2D eigenvalue weighted by Crippen LogP contribution is -2.38. The molecule has 1 fully saturated rings. The van der Waals surface area contributed by atoms with Gasteiger partial charge in [0, 0.05) is 24.8 Å². The van der Waals surface area contributed by atoms with E-state index in [2.05, 4.69) is 26.2 Å². The summed E-state index contributed by atoms with van der Waals surface area (Å²) in [5.41, 5.74) is 0.582. The number of hydrogen-bond acceptors (Lipinski definition) is 3. The van der Waals surface area contributed by atoms with Crippen molar-refractivity contribution < 1.29 is 9.53 Å². The molecule has 0 bridgehead atoms. The van der Waals surface area contributed by atoms with Gasteiger partial charge in [-0.3, -0.25) is 4.79 Å². The highest BCUT2D eigenvalue weighted by molar-refractivity contribution is 9.10. The molecule has 0 saturated carbocycles. The van der Waals surface area contributed by atoms with Gasteiger partial charge in [0.15, 0.2) is 0 Å². The standard InChI is InChI=1S/C12H15BrN2O2/c1-8(10-4-5-17-7-10)15-12(16)9-2-3-11(13)14-6-9/h2-3,6,8,10H,4-5,7H2,1H3,(H,15,16). The third kappa shape index (κ3) is 3.26. The number of pyridine rings is 1. The Hall–Kier alpha value is -0.940. The van der Waals surface area contributed by atoms with Gasteiger partial charge in [-0.15, -0.1) is 0 Å². The molecule has 1 aliphatic rings. The van der Waals surface area contributed by atoms with E-state index in [4.69, 9.17) is 4.74 Å². The van der Waals surface area contributed by atoms with Crippen molar-refractivity contribution in [3.05, 3.63) is 28.5 Å². The van der Waals surface area contributed by atoms with Gasteiger partial charge in [-0.25, -0.2) is 4.98 Å². The number of nitrogens with zero attached hydrogens (tertiary/aromatic N) is 1. The van der Waals surface area contributed by atoms with Crippen LogP contribution in [0.4, 0.5) is 0 Å². The van der Waals surface area contributed by atoms with Crippen molar-refractivity contribution in [3.63, 3.8) is 0 Å². The van der Waals surface area contributed by atoms with Crippen LogP contribution in [-0.2, 0) is 4.74 Å². The predicted octanol–water partition coefficient (Wildman–Crippen LogP) is 2.00. The van der Waals surface area contributed by atoms with Gasteiger partial charge in [0.2, 0.25) is 0 Å². The Morgan fingerprint density at radius 1 is 1.65 bits per heavy atom. The smallest absolute Gasteiger partial charge is 0.253 e. The first-order valence-electron chi connectivity index (χ1n) is 5.67. The second-order valence-corrected chi connectivity index (χ2v) is 5.07. The molecule has 2 unspecified atom stereocenters. The molecular formula is C12H15BrN2O2. The van der Waals surface area contributed by atoms with Crippen molar-refractivity contribution in [3.8, 4) is 0 Å². The third-order valence-corrected chi connectivity index (χ3v) is 3.49. The Kier molecular flexibility index (Phi) is 4.12. The van der Waals surface area contributed by atoms with E-state index in [-0.39, 0.29) is 11.9 Å². The molecule has 4 nitrogen and oxygen atoms in total. The first-order chi connectivity index (χ1) is 8.16. The zero-order chi connectivity index (χ0) is 12.3. The summed E-state index contributed by atoms with van der Waals surface area (Å²) < 4.78 is 6.04. The first kappa shape index (κ1) is 12.5. The van der Waals surface area contributed by atoms with Crippen LogP contribution in [0.3, 0.4) is 0 Å². The summed E-state index contributed by atoms with van der Waals surface area (Å²) in [5.74, 6) is 0.340. The summed E-state index contributed by atoms with van der Waals surface area (Å²) in [4.78, 5) is 16.0. The molecule has 92 valence electrons. The highest BCUT2D eigenvalue weighted by Gasteiger charge is 2.23. The summed E-state index contributed by atoms with van der Waals surface area (Å²) in [6.07, 6.45) is 2.58. The topological polar surface area (TPSA) is 51.2 Å². The minimum Gasteiger partial charge on any atom is -0.381 e. The van der Waals surface area contributed by atoms with Crippen LogP contribution in [-0.4, -0.2) is 30.1 Å². The van der Waals surface area contributed by atoms with E-state index in [0.29, 0.717) is 11.5 Å². The van der Waals surface area contributed by atoms with Crippen molar-refractivity contribution >= 4 is 21.8 Å². The van der Waals surface area contributed by atoms with Gasteiger partial charge in [0.05, 0.1) is 12.2 Å². The summed E-state index contributed by atoms with van der Waals surface area (Å²) in [6.45, 7) is 3.55. The van der Waals surface area contributed by atoms with E-state index in [1.807, 2.05) is 6.92 Å². The fraction of sp³-hybridized carbons (Fsp3) is 0.500. The molecule has 1 aromatic rings. The SMILES string of the molecule is CC(NC(=O)c1ccc(Br)nc1)C1CCOC1. The van der Waals surface area contributed by atoms with Crippen LogP contribution in [0, 0.1) is 5.92 Å². The van der Waals surface area contributed by atoms with Crippen LogP contribution in [0.25, 0.3) is 0 Å². The average molecular weight is 299 g/mol. The minimum atomic E-state index is -0.0793. The number of hydrogen-bond donors (Lipinski definition) is 1. The monoisotopic (exact) mass is 298 g/mol. The second kappa shape index (κ2) is 5.60. The Balaban J connectivity index is 1.94. The lowest BCUT2D eigenvalue weighted by molar-refractivity contribution is 0.0922. The van der Waals surface area contributed by atoms with E-state index in [1.165, 1.54) is 0 Å². The maximum Gasteiger partial charge on any atom is 0.253 e. The van der Waals surface area contributed by atoms with Crippen LogP contribution in [0.2, 0.25) is 0 Å². The average Bonchev–Trinajstić information content (AvgIpc) is 2.83. The van der Waals surface area contributed by atoms with Crippen molar-refractivity contribution in [2.45, 2.75) is 19.4 Å². The normalized spacial score (nSPS) is 21.2. The summed E-state index contributed by atoms with van der Waals surface area (Å²) in [7, 11) is 0. The molecule has 1 aromatic heterocycles. The van der Waals surface area contributed by atoms with Gasteiger partial charge in [-0.05, 0) is 41.4 Å². The van der Waals surface area contributed by atoms with Gasteiger partial charge < -0.3 is 10.1 Å². The minimum absolute atomic E-state index is 0.0793. The molecule has 1 N–H and O–H groups in total. The highest BCUT2D eigenvalue weighted by Crippen LogP contribution is 2.16. The third-order valence-electron chi connectivity index (χ3n) is 3.02. The van der Waals surface area contributed by atoms with E-state index >= 15 is 0 Å². The van der Waals surface area contributed by atoms with Crippen molar-refractivity contribution in [1.29, 1.82) is 0 Å². The summed E-state index contributed by atoms with van der Waals surface area (Å²) in [5, 5.41) is 2.98. The second-order valence-electron chi connectivity index (χ2n) is 4.26. The van der Waals surface area contributed by atoms with Crippen LogP contribution < -0.4 is 5.32 Å². The molecular weight excluding hydrogens is 284 g/mol. The Morgan fingerprint density at radius 3 is 3.06 bits per heavy atom. The molecule has 2 atom stereocenters. The molecule has 0 aliphatic carbocycles. The number of halogens is 1. The Bertz CT molecular complexity index is 388. The zero-order valence-electron chi connectivity index (χ0n) is 9.65. The summed E-state index contributed by atoms with van der Waals surface area (Å²) in [6, 6.07) is 3.65. The van der Waals surface area contributed by atoms with Gasteiger partial charge in [0.25, 0.3) is 5.91 Å². The number of aromatic nitrogens is 1. The molecule has 17 heavy (non-hydrogen) atoms. The molecule has 5 heteroatoms. The molecule has 0 aromatic carbocycles. The number of carbonyl (C=O) groups excluding carboxylic acids is 1. The number of amides is 1. The van der Waals surface area contributed by atoms with Gasteiger partial charge >= 0.3 is 0 Å². The number of ether oxygens (including phenoxy) is 1. The molecule has 1 amide bonds. The first-order valence-corrected chi connectivity index (χ1v) is 6.46. The van der Waals surface area contributed by atoms with E-state index in [0.717, 1.165) is 24.2 Å². The molecule has 2 rings (SSSR count). The zero-order valence-corrected chi connectivity index (χ0v) is 11.2. The number of carbonyl (C=O) groups is 1. The molecule has 1 saturated heterocycles. The van der Waals surface area contributed by atoms with E-state index in [9.17, 15) is 4.79 Å². The maximum absolute atomic E-state index is 11.9. The number of nitrogens with one attached hydrogen (secondary N) is 1. The molecule has 1 aliphatic heterocycles. The predicted molar refractivity (Wildman–Crippen MR) is 67.8 cm³/mol. The van der Waals surface area contributed by atoms with E-state index < -0.39 is 0 Å². The maximum atomic E-state index is 11.9. The Labute approximate surface area is 109 Å². The van der Waals surface area contributed by atoms with Crippen LogP contribution in [0.15, 0.2) is 22.9 Å². The van der Waals surface area contributed by atoms with Gasteiger partial charge in [-0.2, -0.15) is 0 Å². The van der Waals surface area contributed by atoms with Crippen LogP contribution in [0.1, 0.15) is 23.7 Å². The van der Waals surface area contributed by atoms with Crippen molar-refractivity contribution in [2.24, 2.45) is 5.92 Å². The quantitative estimate of drug-likeness (QED) is 0.869. The largest absolute Gasteiger partial charge is 0.381 e. The van der Waals surface area contributed by atoms with Gasteiger partial charge in [-0.1, -0.05) is 0 Å². The van der Waals surface area contributed by atoms with Gasteiger partial charge in [0.1, 0.15) is 4.60 Å². The van der Waals surface area contributed by atoms with Crippen LogP contribution in [0.5, 0.6) is 0 Å². The molecule has 0 radical (unpaired) electrons. The summed E-state index contributed by atoms with van der Waals surface area (Å²) >= 11 is 3.24.